The maximum atomic E-state index is 6.16. The fraction of sp³-hybridized carbons (Fsp3) is 0.308. The third-order valence-corrected chi connectivity index (χ3v) is 2.93. The van der Waals surface area contributed by atoms with Crippen LogP contribution in [0, 0.1) is 0 Å². The van der Waals surface area contributed by atoms with Crippen molar-refractivity contribution in [2.45, 2.75) is 19.4 Å². The van der Waals surface area contributed by atoms with E-state index in [1.165, 1.54) is 0 Å². The van der Waals surface area contributed by atoms with Crippen LogP contribution in [0.3, 0.4) is 0 Å². The smallest absolute Gasteiger partial charge is 0.105 e. The molecule has 2 rings (SSSR count). The van der Waals surface area contributed by atoms with Crippen LogP contribution in [0.15, 0.2) is 41.3 Å². The third kappa shape index (κ3) is 3.08. The Labute approximate surface area is 106 Å². The van der Waals surface area contributed by atoms with Gasteiger partial charge in [0.25, 0.3) is 0 Å². The normalized spacial score (nSPS) is 12.6. The van der Waals surface area contributed by atoms with Crippen LogP contribution in [-0.2, 0) is 6.42 Å². The van der Waals surface area contributed by atoms with Gasteiger partial charge in [-0.05, 0) is 30.3 Å². The van der Waals surface area contributed by atoms with Crippen molar-refractivity contribution >= 4 is 11.6 Å². The summed E-state index contributed by atoms with van der Waals surface area (Å²) in [7, 11) is 0. The molecule has 0 aliphatic carbocycles. The molecule has 2 aromatic heterocycles. The van der Waals surface area contributed by atoms with Crippen LogP contribution in [0.5, 0.6) is 0 Å². The van der Waals surface area contributed by atoms with Crippen LogP contribution >= 0.6 is 11.6 Å². The van der Waals surface area contributed by atoms with Gasteiger partial charge < -0.3 is 9.73 Å². The van der Waals surface area contributed by atoms with E-state index in [-0.39, 0.29) is 6.04 Å². The molecule has 0 radical (unpaired) electrons. The van der Waals surface area contributed by atoms with Gasteiger partial charge in [-0.1, -0.05) is 18.5 Å². The van der Waals surface area contributed by atoms with Gasteiger partial charge in [-0.15, -0.1) is 0 Å². The van der Waals surface area contributed by atoms with Crippen molar-refractivity contribution in [2.75, 3.05) is 6.54 Å². The first-order valence-corrected chi connectivity index (χ1v) is 6.04. The van der Waals surface area contributed by atoms with Crippen molar-refractivity contribution in [3.63, 3.8) is 0 Å². The van der Waals surface area contributed by atoms with Crippen molar-refractivity contribution in [2.24, 2.45) is 0 Å². The van der Waals surface area contributed by atoms with Gasteiger partial charge in [-0.2, -0.15) is 0 Å². The Morgan fingerprint density at radius 3 is 3.00 bits per heavy atom. The molecule has 1 unspecified atom stereocenters. The summed E-state index contributed by atoms with van der Waals surface area (Å²) in [5, 5.41) is 4.09. The lowest BCUT2D eigenvalue weighted by Crippen LogP contribution is -2.23. The lowest BCUT2D eigenvalue weighted by atomic mass is 10.0. The Hall–Kier alpha value is -1.32. The Kier molecular flexibility index (Phi) is 4.18. The lowest BCUT2D eigenvalue weighted by Gasteiger charge is -2.18. The van der Waals surface area contributed by atoms with Crippen molar-refractivity contribution in [3.05, 3.63) is 53.2 Å². The Morgan fingerprint density at radius 1 is 1.47 bits per heavy atom. The number of rotatable bonds is 5. The van der Waals surface area contributed by atoms with Crippen molar-refractivity contribution in [1.29, 1.82) is 0 Å². The standard InChI is InChI=1S/C13H15ClN2O/c1-2-16-13(8-10-4-3-7-17-10)11-5-6-15-9-12(11)14/h3-7,9,13,16H,2,8H2,1H3. The third-order valence-electron chi connectivity index (χ3n) is 2.62. The van der Waals surface area contributed by atoms with Gasteiger partial charge in [0.2, 0.25) is 0 Å². The lowest BCUT2D eigenvalue weighted by molar-refractivity contribution is 0.455. The second kappa shape index (κ2) is 5.84. The Morgan fingerprint density at radius 2 is 2.35 bits per heavy atom. The molecule has 3 nitrogen and oxygen atoms in total. The van der Waals surface area contributed by atoms with Gasteiger partial charge in [0.15, 0.2) is 0 Å². The average Bonchev–Trinajstić information content (AvgIpc) is 2.82. The largest absolute Gasteiger partial charge is 0.469 e. The highest BCUT2D eigenvalue weighted by atomic mass is 35.5. The van der Waals surface area contributed by atoms with E-state index in [2.05, 4.69) is 17.2 Å². The number of halogens is 1. The number of pyridine rings is 1. The van der Waals surface area contributed by atoms with Crippen LogP contribution in [0.1, 0.15) is 24.3 Å². The number of hydrogen-bond donors (Lipinski definition) is 1. The summed E-state index contributed by atoms with van der Waals surface area (Å²) in [6, 6.07) is 5.96. The molecule has 0 saturated carbocycles. The van der Waals surface area contributed by atoms with E-state index < -0.39 is 0 Å². The Balaban J connectivity index is 2.20. The molecule has 0 bridgehead atoms. The van der Waals surface area contributed by atoms with E-state index in [1.54, 1.807) is 18.7 Å². The summed E-state index contributed by atoms with van der Waals surface area (Å²) in [6.07, 6.45) is 5.90. The highest BCUT2D eigenvalue weighted by molar-refractivity contribution is 6.31. The fourth-order valence-corrected chi connectivity index (χ4v) is 2.09. The van der Waals surface area contributed by atoms with E-state index in [0.29, 0.717) is 5.02 Å². The maximum absolute atomic E-state index is 6.16. The van der Waals surface area contributed by atoms with Gasteiger partial charge in [-0.3, -0.25) is 4.98 Å². The number of furan rings is 1. The highest BCUT2D eigenvalue weighted by Crippen LogP contribution is 2.24. The first-order chi connectivity index (χ1) is 8.31. The molecule has 90 valence electrons. The SMILES string of the molecule is CCNC(Cc1ccco1)c1ccncc1Cl. The van der Waals surface area contributed by atoms with Gasteiger partial charge in [0.1, 0.15) is 5.76 Å². The van der Waals surface area contributed by atoms with Gasteiger partial charge in [0, 0.05) is 24.9 Å². The predicted molar refractivity (Wildman–Crippen MR) is 68.1 cm³/mol. The molecule has 0 aromatic carbocycles. The average molecular weight is 251 g/mol. The molecule has 0 aliphatic rings. The second-order valence-electron chi connectivity index (χ2n) is 3.79. The molecule has 17 heavy (non-hydrogen) atoms. The maximum Gasteiger partial charge on any atom is 0.105 e. The highest BCUT2D eigenvalue weighted by Gasteiger charge is 2.15. The van der Waals surface area contributed by atoms with Gasteiger partial charge >= 0.3 is 0 Å². The van der Waals surface area contributed by atoms with Crippen LogP contribution in [0.25, 0.3) is 0 Å². The first-order valence-electron chi connectivity index (χ1n) is 5.66. The first kappa shape index (κ1) is 12.1. The molecule has 4 heteroatoms. The van der Waals surface area contributed by atoms with Crippen molar-refractivity contribution < 1.29 is 4.42 Å². The summed E-state index contributed by atoms with van der Waals surface area (Å²) < 4.78 is 5.37. The van der Waals surface area contributed by atoms with E-state index in [4.69, 9.17) is 16.0 Å². The van der Waals surface area contributed by atoms with E-state index in [9.17, 15) is 0 Å². The molecule has 0 amide bonds. The molecular weight excluding hydrogens is 236 g/mol. The van der Waals surface area contributed by atoms with Crippen LogP contribution in [0.2, 0.25) is 5.02 Å². The quantitative estimate of drug-likeness (QED) is 0.886. The zero-order valence-electron chi connectivity index (χ0n) is 9.69. The fourth-order valence-electron chi connectivity index (χ4n) is 1.84. The minimum Gasteiger partial charge on any atom is -0.469 e. The number of hydrogen-bond acceptors (Lipinski definition) is 3. The van der Waals surface area contributed by atoms with Crippen LogP contribution in [-0.4, -0.2) is 11.5 Å². The number of nitrogens with zero attached hydrogens (tertiary/aromatic N) is 1. The topological polar surface area (TPSA) is 38.1 Å². The van der Waals surface area contributed by atoms with E-state index in [1.807, 2.05) is 18.2 Å². The summed E-state index contributed by atoms with van der Waals surface area (Å²) in [4.78, 5) is 4.00. The molecule has 1 N–H and O–H groups in total. The Bertz CT molecular complexity index is 456. The number of likely N-dealkylation sites (N-methyl/N-ethyl adjacent to an activating group) is 1. The van der Waals surface area contributed by atoms with E-state index in [0.717, 1.165) is 24.3 Å². The molecule has 0 saturated heterocycles. The zero-order chi connectivity index (χ0) is 12.1. The number of aromatic nitrogens is 1. The minimum absolute atomic E-state index is 0.154. The monoisotopic (exact) mass is 250 g/mol. The molecule has 2 aromatic rings. The summed E-state index contributed by atoms with van der Waals surface area (Å²) in [5.74, 6) is 0.948. The van der Waals surface area contributed by atoms with Crippen LogP contribution < -0.4 is 5.32 Å². The molecule has 0 fully saturated rings. The second-order valence-corrected chi connectivity index (χ2v) is 4.20. The van der Waals surface area contributed by atoms with Gasteiger partial charge in [-0.25, -0.2) is 0 Å². The summed E-state index contributed by atoms with van der Waals surface area (Å²) in [6.45, 7) is 2.95. The zero-order valence-corrected chi connectivity index (χ0v) is 10.4. The number of nitrogens with one attached hydrogen (secondary N) is 1. The molecule has 0 aliphatic heterocycles. The van der Waals surface area contributed by atoms with E-state index >= 15 is 0 Å². The van der Waals surface area contributed by atoms with Crippen LogP contribution in [0.4, 0.5) is 0 Å². The van der Waals surface area contributed by atoms with Gasteiger partial charge in [0.05, 0.1) is 11.3 Å². The molecule has 2 heterocycles. The minimum atomic E-state index is 0.154. The van der Waals surface area contributed by atoms with Crippen molar-refractivity contribution in [3.8, 4) is 0 Å². The molecule has 1 atom stereocenters. The predicted octanol–water partition coefficient (Wildman–Crippen LogP) is 3.22. The molecular formula is C13H15ClN2O. The van der Waals surface area contributed by atoms with Crippen molar-refractivity contribution in [1.82, 2.24) is 10.3 Å². The molecule has 0 spiro atoms. The summed E-state index contributed by atoms with van der Waals surface area (Å²) >= 11 is 6.16. The summed E-state index contributed by atoms with van der Waals surface area (Å²) in [5.41, 5.74) is 1.06.